The second kappa shape index (κ2) is 7.99. The molecule has 2 aromatic rings. The first-order chi connectivity index (χ1) is 14.3. The summed E-state index contributed by atoms with van der Waals surface area (Å²) in [6.45, 7) is 1.12. The molecule has 0 spiro atoms. The van der Waals surface area contributed by atoms with Crippen LogP contribution in [0.1, 0.15) is 62.5 Å². The highest BCUT2D eigenvalue weighted by Gasteiger charge is 2.44. The van der Waals surface area contributed by atoms with E-state index in [1.807, 2.05) is 4.57 Å². The molecule has 1 unspecified atom stereocenters. The summed E-state index contributed by atoms with van der Waals surface area (Å²) < 4.78 is 42.8. The number of alkyl halides is 3. The van der Waals surface area contributed by atoms with Gasteiger partial charge in [-0.1, -0.05) is 36.9 Å². The molecule has 1 aliphatic heterocycles. The SMILES string of the molecule is C[C@H](N1C=CC=NC1c1c(C#N)c2ccc(Cl)cc2n1C1CCCCC1)C(F)(F)F. The van der Waals surface area contributed by atoms with Crippen LogP contribution in [0.25, 0.3) is 10.9 Å². The zero-order valence-corrected chi connectivity index (χ0v) is 17.3. The quantitative estimate of drug-likeness (QED) is 0.551. The fraction of sp³-hybridized carbons (Fsp3) is 0.455. The molecule has 30 heavy (non-hydrogen) atoms. The van der Waals surface area contributed by atoms with Crippen LogP contribution in [0.15, 0.2) is 35.5 Å². The van der Waals surface area contributed by atoms with Crippen molar-refractivity contribution < 1.29 is 13.2 Å². The van der Waals surface area contributed by atoms with E-state index >= 15 is 0 Å². The highest BCUT2D eigenvalue weighted by atomic mass is 35.5. The molecule has 2 heterocycles. The number of nitrogens with zero attached hydrogens (tertiary/aromatic N) is 4. The van der Waals surface area contributed by atoms with Crippen molar-refractivity contribution in [1.82, 2.24) is 9.47 Å². The summed E-state index contributed by atoms with van der Waals surface area (Å²) >= 11 is 6.26. The van der Waals surface area contributed by atoms with Gasteiger partial charge in [0.05, 0.1) is 16.8 Å². The summed E-state index contributed by atoms with van der Waals surface area (Å²) in [6.07, 6.45) is 4.10. The molecule has 1 aliphatic carbocycles. The Balaban J connectivity index is 1.96. The standard InChI is InChI=1S/C22H22ClF3N4/c1-14(22(24,25)26)29-11-5-10-28-21(29)20-18(13-27)17-9-8-15(23)12-19(17)30(20)16-6-3-2-4-7-16/h5,8-12,14,16,21H,2-4,6-7H2,1H3/t14-,21?/m0/s1. The highest BCUT2D eigenvalue weighted by molar-refractivity contribution is 6.31. The second-order valence-corrected chi connectivity index (χ2v) is 8.31. The predicted molar refractivity (Wildman–Crippen MR) is 112 cm³/mol. The van der Waals surface area contributed by atoms with Crippen LogP contribution in [0.5, 0.6) is 0 Å². The summed E-state index contributed by atoms with van der Waals surface area (Å²) in [5, 5.41) is 11.2. The minimum atomic E-state index is -4.42. The lowest BCUT2D eigenvalue weighted by Crippen LogP contribution is -2.43. The molecular formula is C22H22ClF3N4. The second-order valence-electron chi connectivity index (χ2n) is 7.87. The fourth-order valence-electron chi connectivity index (χ4n) is 4.56. The van der Waals surface area contributed by atoms with Crippen molar-refractivity contribution in [1.29, 1.82) is 5.26 Å². The zero-order valence-electron chi connectivity index (χ0n) is 16.5. The van der Waals surface area contributed by atoms with E-state index in [1.54, 1.807) is 18.2 Å². The lowest BCUT2D eigenvalue weighted by Gasteiger charge is -2.37. The van der Waals surface area contributed by atoms with Crippen LogP contribution in [0.3, 0.4) is 0 Å². The van der Waals surface area contributed by atoms with Crippen LogP contribution >= 0.6 is 11.6 Å². The summed E-state index contributed by atoms with van der Waals surface area (Å²) in [7, 11) is 0. The van der Waals surface area contributed by atoms with Gasteiger partial charge in [-0.2, -0.15) is 18.4 Å². The maximum atomic E-state index is 13.6. The molecule has 1 saturated carbocycles. The number of benzene rings is 1. The first kappa shape index (κ1) is 20.8. The monoisotopic (exact) mass is 434 g/mol. The third-order valence-corrected chi connectivity index (χ3v) is 6.31. The number of aromatic nitrogens is 1. The van der Waals surface area contributed by atoms with E-state index < -0.39 is 18.4 Å². The van der Waals surface area contributed by atoms with E-state index in [9.17, 15) is 18.4 Å². The molecule has 4 nitrogen and oxygen atoms in total. The lowest BCUT2D eigenvalue weighted by atomic mass is 9.94. The Morgan fingerprint density at radius 1 is 1.23 bits per heavy atom. The minimum Gasteiger partial charge on any atom is -0.339 e. The van der Waals surface area contributed by atoms with Gasteiger partial charge in [-0.3, -0.25) is 4.99 Å². The van der Waals surface area contributed by atoms with Crippen molar-refractivity contribution >= 4 is 28.7 Å². The third-order valence-electron chi connectivity index (χ3n) is 6.08. The van der Waals surface area contributed by atoms with Crippen LogP contribution in [-0.4, -0.2) is 27.9 Å². The van der Waals surface area contributed by atoms with Gasteiger partial charge < -0.3 is 9.47 Å². The van der Waals surface area contributed by atoms with Gasteiger partial charge in [-0.05, 0) is 38.0 Å². The summed E-state index contributed by atoms with van der Waals surface area (Å²) in [6, 6.07) is 5.88. The maximum Gasteiger partial charge on any atom is 0.408 e. The van der Waals surface area contributed by atoms with Crippen molar-refractivity contribution in [3.63, 3.8) is 0 Å². The molecule has 0 amide bonds. The highest BCUT2D eigenvalue weighted by Crippen LogP contribution is 2.43. The number of halogens is 4. The summed E-state index contributed by atoms with van der Waals surface area (Å²) in [4.78, 5) is 5.60. The molecule has 1 aromatic heterocycles. The topological polar surface area (TPSA) is 44.3 Å². The molecule has 0 saturated heterocycles. The Morgan fingerprint density at radius 3 is 2.63 bits per heavy atom. The fourth-order valence-corrected chi connectivity index (χ4v) is 4.72. The van der Waals surface area contributed by atoms with Crippen molar-refractivity contribution in [2.24, 2.45) is 4.99 Å². The summed E-state index contributed by atoms with van der Waals surface area (Å²) in [5.74, 6) is 0. The predicted octanol–water partition coefficient (Wildman–Crippen LogP) is 6.52. The molecule has 8 heteroatoms. The van der Waals surface area contributed by atoms with Crippen molar-refractivity contribution in [2.75, 3.05) is 0 Å². The van der Waals surface area contributed by atoms with Crippen LogP contribution in [0.4, 0.5) is 13.2 Å². The Bertz CT molecular complexity index is 1040. The number of hydrogen-bond acceptors (Lipinski definition) is 3. The van der Waals surface area contributed by atoms with Gasteiger partial charge in [-0.15, -0.1) is 0 Å². The zero-order chi connectivity index (χ0) is 21.5. The molecule has 158 valence electrons. The molecule has 2 aliphatic rings. The van der Waals surface area contributed by atoms with Crippen LogP contribution in [0, 0.1) is 11.3 Å². The van der Waals surface area contributed by atoms with E-state index in [0.717, 1.165) is 44.5 Å². The van der Waals surface area contributed by atoms with Crippen LogP contribution in [0.2, 0.25) is 5.02 Å². The number of fused-ring (bicyclic) bond motifs is 1. The Labute approximate surface area is 178 Å². The molecule has 0 bridgehead atoms. The van der Waals surface area contributed by atoms with Gasteiger partial charge in [0.1, 0.15) is 12.1 Å². The van der Waals surface area contributed by atoms with Crippen LogP contribution in [-0.2, 0) is 0 Å². The van der Waals surface area contributed by atoms with Crippen LogP contribution < -0.4 is 0 Å². The van der Waals surface area contributed by atoms with Crippen molar-refractivity contribution in [3.8, 4) is 6.07 Å². The molecule has 0 radical (unpaired) electrons. The number of nitriles is 1. The van der Waals surface area contributed by atoms with E-state index in [0.29, 0.717) is 21.7 Å². The third kappa shape index (κ3) is 3.58. The molecule has 1 fully saturated rings. The van der Waals surface area contributed by atoms with Gasteiger partial charge >= 0.3 is 6.18 Å². The molecule has 4 rings (SSSR count). The van der Waals surface area contributed by atoms with E-state index in [4.69, 9.17) is 11.6 Å². The average Bonchev–Trinajstić information content (AvgIpc) is 3.06. The van der Waals surface area contributed by atoms with Crippen molar-refractivity contribution in [3.05, 3.63) is 46.8 Å². The van der Waals surface area contributed by atoms with Gasteiger partial charge in [-0.25, -0.2) is 0 Å². The minimum absolute atomic E-state index is 0.0981. The lowest BCUT2D eigenvalue weighted by molar-refractivity contribution is -0.177. The van der Waals surface area contributed by atoms with Gasteiger partial charge in [0.2, 0.25) is 0 Å². The molecule has 0 N–H and O–H groups in total. The number of aliphatic imine (C=N–C) groups is 1. The van der Waals surface area contributed by atoms with Gasteiger partial charge in [0.25, 0.3) is 0 Å². The molecule has 1 aromatic carbocycles. The number of rotatable bonds is 3. The first-order valence-corrected chi connectivity index (χ1v) is 10.5. The molecule has 2 atom stereocenters. The number of allylic oxidation sites excluding steroid dienone is 1. The largest absolute Gasteiger partial charge is 0.408 e. The van der Waals surface area contributed by atoms with Crippen molar-refractivity contribution in [2.45, 2.75) is 63.5 Å². The first-order valence-electron chi connectivity index (χ1n) is 10.1. The Kier molecular flexibility index (Phi) is 5.54. The maximum absolute atomic E-state index is 13.6. The number of hydrogen-bond donors (Lipinski definition) is 0. The summed E-state index contributed by atoms with van der Waals surface area (Å²) in [5.41, 5.74) is 1.66. The van der Waals surface area contributed by atoms with Gasteiger partial charge in [0, 0.05) is 28.9 Å². The van der Waals surface area contributed by atoms with E-state index in [-0.39, 0.29) is 6.04 Å². The van der Waals surface area contributed by atoms with E-state index in [1.165, 1.54) is 23.4 Å². The average molecular weight is 435 g/mol. The Hall–Kier alpha value is -2.46. The van der Waals surface area contributed by atoms with Gasteiger partial charge in [0.15, 0.2) is 6.17 Å². The molecular weight excluding hydrogens is 413 g/mol. The smallest absolute Gasteiger partial charge is 0.339 e. The Morgan fingerprint density at radius 2 is 1.97 bits per heavy atom. The normalized spacial score (nSPS) is 21.2. The van der Waals surface area contributed by atoms with E-state index in [2.05, 4.69) is 11.1 Å².